The first-order valence-electron chi connectivity index (χ1n) is 11.1. The number of sulfonamides is 1. The fourth-order valence-corrected chi connectivity index (χ4v) is 6.46. The number of fused-ring (bicyclic) bond motifs is 1. The monoisotopic (exact) mass is 486 g/mol. The van der Waals surface area contributed by atoms with E-state index in [1.807, 2.05) is 19.0 Å². The number of amides is 1. The summed E-state index contributed by atoms with van der Waals surface area (Å²) in [4.78, 5) is 22.2. The van der Waals surface area contributed by atoms with Gasteiger partial charge in [-0.2, -0.15) is 4.31 Å². The standard InChI is InChI=1S/C24H30N4O3S2/c1-17-15-21-22(16-18(17)2)32-24(25-21)28(14-13-26(3)4)23(29)19-7-9-20(10-8-19)33(30,31)27-11-5-6-12-27/h7-10,15-16H,5-6,11-14H2,1-4H3. The fourth-order valence-electron chi connectivity index (χ4n) is 3.87. The Balaban J connectivity index is 1.64. The molecule has 9 heteroatoms. The summed E-state index contributed by atoms with van der Waals surface area (Å²) in [5.41, 5.74) is 3.69. The number of aromatic nitrogens is 1. The number of hydrogen-bond acceptors (Lipinski definition) is 6. The fraction of sp³-hybridized carbons (Fsp3) is 0.417. The quantitative estimate of drug-likeness (QED) is 0.506. The van der Waals surface area contributed by atoms with Crippen molar-refractivity contribution < 1.29 is 13.2 Å². The van der Waals surface area contributed by atoms with Crippen LogP contribution in [0.15, 0.2) is 41.3 Å². The highest BCUT2D eigenvalue weighted by atomic mass is 32.2. The second-order valence-electron chi connectivity index (χ2n) is 8.80. The van der Waals surface area contributed by atoms with Crippen molar-refractivity contribution in [2.75, 3.05) is 45.2 Å². The number of rotatable bonds is 7. The van der Waals surface area contributed by atoms with E-state index in [0.717, 1.165) is 23.1 Å². The first-order valence-corrected chi connectivity index (χ1v) is 13.4. The van der Waals surface area contributed by atoms with Crippen LogP contribution in [0.25, 0.3) is 10.2 Å². The molecule has 0 spiro atoms. The topological polar surface area (TPSA) is 73.8 Å². The number of aryl methyl sites for hydroxylation is 2. The number of hydrogen-bond donors (Lipinski definition) is 0. The predicted octanol–water partition coefficient (Wildman–Crippen LogP) is 3.91. The highest BCUT2D eigenvalue weighted by molar-refractivity contribution is 7.89. The molecule has 1 saturated heterocycles. The molecule has 1 amide bonds. The van der Waals surface area contributed by atoms with Gasteiger partial charge in [-0.15, -0.1) is 0 Å². The Bertz CT molecular complexity index is 1220. The van der Waals surface area contributed by atoms with Gasteiger partial charge < -0.3 is 4.90 Å². The molecular formula is C24H30N4O3S2. The molecule has 0 atom stereocenters. The minimum atomic E-state index is -3.51. The van der Waals surface area contributed by atoms with Crippen LogP contribution < -0.4 is 4.90 Å². The zero-order valence-corrected chi connectivity index (χ0v) is 21.2. The zero-order chi connectivity index (χ0) is 23.8. The van der Waals surface area contributed by atoms with Crippen molar-refractivity contribution in [2.45, 2.75) is 31.6 Å². The molecule has 2 heterocycles. The van der Waals surface area contributed by atoms with Crippen LogP contribution in [0.3, 0.4) is 0 Å². The van der Waals surface area contributed by atoms with Crippen LogP contribution in [0.5, 0.6) is 0 Å². The predicted molar refractivity (Wildman–Crippen MR) is 134 cm³/mol. The molecule has 0 N–H and O–H groups in total. The maximum Gasteiger partial charge on any atom is 0.260 e. The lowest BCUT2D eigenvalue weighted by molar-refractivity contribution is 0.0985. The number of nitrogens with zero attached hydrogens (tertiary/aromatic N) is 4. The van der Waals surface area contributed by atoms with Gasteiger partial charge in [0.25, 0.3) is 5.91 Å². The Morgan fingerprint density at radius 2 is 1.67 bits per heavy atom. The highest BCUT2D eigenvalue weighted by Crippen LogP contribution is 2.32. The van der Waals surface area contributed by atoms with Gasteiger partial charge >= 0.3 is 0 Å². The third-order valence-electron chi connectivity index (χ3n) is 6.04. The maximum absolute atomic E-state index is 13.5. The number of anilines is 1. The van der Waals surface area contributed by atoms with Crippen LogP contribution in [-0.2, 0) is 10.0 Å². The van der Waals surface area contributed by atoms with Crippen molar-refractivity contribution in [1.82, 2.24) is 14.2 Å². The first kappa shape index (κ1) is 23.8. The molecule has 1 aromatic heterocycles. The number of carbonyl (C=O) groups excluding carboxylic acids is 1. The SMILES string of the molecule is Cc1cc2nc(N(CCN(C)C)C(=O)c3ccc(S(=O)(=O)N4CCCC4)cc3)sc2cc1C. The third-order valence-corrected chi connectivity index (χ3v) is 9.00. The van der Waals surface area contributed by atoms with E-state index in [4.69, 9.17) is 4.98 Å². The molecule has 0 unspecified atom stereocenters. The number of likely N-dealkylation sites (N-methyl/N-ethyl adjacent to an activating group) is 1. The first-order chi connectivity index (χ1) is 15.7. The molecule has 0 saturated carbocycles. The van der Waals surface area contributed by atoms with Crippen LogP contribution >= 0.6 is 11.3 Å². The van der Waals surface area contributed by atoms with Crippen LogP contribution in [0.2, 0.25) is 0 Å². The number of thiazole rings is 1. The Morgan fingerprint density at radius 1 is 1.03 bits per heavy atom. The summed E-state index contributed by atoms with van der Waals surface area (Å²) < 4.78 is 28.2. The van der Waals surface area contributed by atoms with Gasteiger partial charge in [0.1, 0.15) is 0 Å². The van der Waals surface area contributed by atoms with E-state index >= 15 is 0 Å². The summed E-state index contributed by atoms with van der Waals surface area (Å²) in [6.07, 6.45) is 1.77. The molecule has 1 fully saturated rings. The Hall–Kier alpha value is -2.33. The molecular weight excluding hydrogens is 456 g/mol. The molecule has 33 heavy (non-hydrogen) atoms. The lowest BCUT2D eigenvalue weighted by Crippen LogP contribution is -2.36. The summed E-state index contributed by atoms with van der Waals surface area (Å²) in [5, 5.41) is 0.649. The molecule has 0 radical (unpaired) electrons. The normalized spacial score (nSPS) is 14.9. The molecule has 0 bridgehead atoms. The molecule has 3 aromatic rings. The van der Waals surface area contributed by atoms with Gasteiger partial charge in [-0.3, -0.25) is 9.69 Å². The number of carbonyl (C=O) groups is 1. The smallest absolute Gasteiger partial charge is 0.260 e. The summed E-state index contributed by atoms with van der Waals surface area (Å²) in [5.74, 6) is -0.186. The average Bonchev–Trinajstić information content (AvgIpc) is 3.45. The van der Waals surface area contributed by atoms with Crippen molar-refractivity contribution in [3.63, 3.8) is 0 Å². The van der Waals surface area contributed by atoms with Gasteiger partial charge in [0.05, 0.1) is 15.1 Å². The van der Waals surface area contributed by atoms with Crippen molar-refractivity contribution >= 4 is 42.6 Å². The summed E-state index contributed by atoms with van der Waals surface area (Å²) >= 11 is 1.50. The second kappa shape index (κ2) is 9.50. The van der Waals surface area contributed by atoms with Crippen molar-refractivity contribution in [3.05, 3.63) is 53.1 Å². The summed E-state index contributed by atoms with van der Waals surface area (Å²) in [6, 6.07) is 10.5. The van der Waals surface area contributed by atoms with Crippen molar-refractivity contribution in [1.29, 1.82) is 0 Å². The van der Waals surface area contributed by atoms with E-state index < -0.39 is 10.0 Å². The van der Waals surface area contributed by atoms with Gasteiger partial charge in [0.15, 0.2) is 5.13 Å². The van der Waals surface area contributed by atoms with E-state index in [2.05, 4.69) is 26.0 Å². The average molecular weight is 487 g/mol. The maximum atomic E-state index is 13.5. The van der Waals surface area contributed by atoms with E-state index in [9.17, 15) is 13.2 Å². The van der Waals surface area contributed by atoms with Gasteiger partial charge in [0.2, 0.25) is 10.0 Å². The van der Waals surface area contributed by atoms with E-state index in [-0.39, 0.29) is 10.8 Å². The molecule has 1 aliphatic heterocycles. The molecule has 176 valence electrons. The lowest BCUT2D eigenvalue weighted by atomic mass is 10.1. The van der Waals surface area contributed by atoms with E-state index in [1.165, 1.54) is 38.9 Å². The van der Waals surface area contributed by atoms with E-state index in [0.29, 0.717) is 36.9 Å². The minimum absolute atomic E-state index is 0.186. The molecule has 0 aliphatic carbocycles. The van der Waals surface area contributed by atoms with Crippen LogP contribution in [0.1, 0.15) is 34.3 Å². The van der Waals surface area contributed by atoms with Crippen molar-refractivity contribution in [2.24, 2.45) is 0 Å². The van der Waals surface area contributed by atoms with Gasteiger partial charge in [-0.25, -0.2) is 13.4 Å². The minimum Gasteiger partial charge on any atom is -0.308 e. The Kier molecular flexibility index (Phi) is 6.86. The van der Waals surface area contributed by atoms with Gasteiger partial charge in [-0.1, -0.05) is 11.3 Å². The van der Waals surface area contributed by atoms with Gasteiger partial charge in [0, 0.05) is 31.7 Å². The summed E-state index contributed by atoms with van der Waals surface area (Å²) in [6.45, 7) is 6.40. The van der Waals surface area contributed by atoms with Crippen LogP contribution in [0.4, 0.5) is 5.13 Å². The molecule has 4 rings (SSSR count). The van der Waals surface area contributed by atoms with E-state index in [1.54, 1.807) is 17.0 Å². The van der Waals surface area contributed by atoms with Crippen molar-refractivity contribution in [3.8, 4) is 0 Å². The molecule has 2 aromatic carbocycles. The lowest BCUT2D eigenvalue weighted by Gasteiger charge is -2.22. The highest BCUT2D eigenvalue weighted by Gasteiger charge is 2.28. The van der Waals surface area contributed by atoms with Crippen LogP contribution in [-0.4, -0.2) is 68.8 Å². The Labute approximate surface area is 199 Å². The Morgan fingerprint density at radius 3 is 2.30 bits per heavy atom. The third kappa shape index (κ3) is 4.96. The second-order valence-corrected chi connectivity index (χ2v) is 11.7. The van der Waals surface area contributed by atoms with Crippen LogP contribution in [0, 0.1) is 13.8 Å². The van der Waals surface area contributed by atoms with Gasteiger partial charge in [-0.05, 0) is 88.3 Å². The molecule has 7 nitrogen and oxygen atoms in total. The molecule has 1 aliphatic rings. The largest absolute Gasteiger partial charge is 0.308 e. The summed E-state index contributed by atoms with van der Waals surface area (Å²) in [7, 11) is 0.419. The number of benzene rings is 2. The zero-order valence-electron chi connectivity index (χ0n) is 19.5.